The summed E-state index contributed by atoms with van der Waals surface area (Å²) in [6, 6.07) is 12.0. The Labute approximate surface area is 120 Å². The summed E-state index contributed by atoms with van der Waals surface area (Å²) in [6.07, 6.45) is 1.93. The number of halogens is 2. The molecule has 0 fully saturated rings. The highest BCUT2D eigenvalue weighted by Crippen LogP contribution is 2.23. The van der Waals surface area contributed by atoms with Crippen LogP contribution in [-0.4, -0.2) is 12.0 Å². The number of Topliss-reactive ketones (excluding diaryl/α,β-unsaturated/α-hetero) is 1. The minimum atomic E-state index is -0.515. The normalized spacial score (nSPS) is 10.5. The lowest BCUT2D eigenvalue weighted by Gasteiger charge is -2.07. The van der Waals surface area contributed by atoms with Crippen LogP contribution in [0.3, 0.4) is 0 Å². The van der Waals surface area contributed by atoms with Gasteiger partial charge in [0.15, 0.2) is 5.78 Å². The summed E-state index contributed by atoms with van der Waals surface area (Å²) >= 11 is 7.21. The van der Waals surface area contributed by atoms with Crippen LogP contribution >= 0.6 is 23.4 Å². The van der Waals surface area contributed by atoms with E-state index in [4.69, 9.17) is 11.6 Å². The fraction of sp³-hybridized carbons (Fsp3) is 0.133. The van der Waals surface area contributed by atoms with Crippen LogP contribution in [0.2, 0.25) is 5.02 Å². The summed E-state index contributed by atoms with van der Waals surface area (Å²) in [5, 5.41) is 0.0449. The summed E-state index contributed by atoms with van der Waals surface area (Å²) < 4.78 is 13.8. The van der Waals surface area contributed by atoms with Gasteiger partial charge in [-0.1, -0.05) is 41.9 Å². The third-order valence-electron chi connectivity index (χ3n) is 2.79. The zero-order chi connectivity index (χ0) is 13.8. The summed E-state index contributed by atoms with van der Waals surface area (Å²) in [5.41, 5.74) is 0.947. The van der Waals surface area contributed by atoms with E-state index in [1.165, 1.54) is 17.8 Å². The number of carbonyl (C=O) groups excluding carboxylic acids is 1. The SMILES string of the molecule is CSc1ccccc1C(=O)Cc1cccc(Cl)c1F. The van der Waals surface area contributed by atoms with E-state index in [-0.39, 0.29) is 17.2 Å². The smallest absolute Gasteiger partial charge is 0.168 e. The van der Waals surface area contributed by atoms with Crippen molar-refractivity contribution in [2.45, 2.75) is 11.3 Å². The minimum absolute atomic E-state index is 0.0178. The molecule has 98 valence electrons. The van der Waals surface area contributed by atoms with Crippen molar-refractivity contribution in [3.8, 4) is 0 Å². The zero-order valence-corrected chi connectivity index (χ0v) is 11.9. The molecule has 0 saturated heterocycles. The number of hydrogen-bond donors (Lipinski definition) is 0. The molecule has 0 atom stereocenters. The fourth-order valence-electron chi connectivity index (χ4n) is 1.83. The van der Waals surface area contributed by atoms with Crippen molar-refractivity contribution < 1.29 is 9.18 Å². The van der Waals surface area contributed by atoms with Gasteiger partial charge in [-0.15, -0.1) is 11.8 Å². The predicted octanol–water partition coefficient (Wildman–Crippen LogP) is 4.63. The summed E-state index contributed by atoms with van der Waals surface area (Å²) in [4.78, 5) is 13.1. The standard InChI is InChI=1S/C15H12ClFOS/c1-19-14-8-3-2-6-11(14)13(18)9-10-5-4-7-12(16)15(10)17/h2-8H,9H2,1H3. The van der Waals surface area contributed by atoms with Crippen molar-refractivity contribution in [3.05, 3.63) is 64.4 Å². The Bertz CT molecular complexity index is 613. The van der Waals surface area contributed by atoms with Crippen LogP contribution in [0.1, 0.15) is 15.9 Å². The summed E-state index contributed by atoms with van der Waals surface area (Å²) in [7, 11) is 0. The molecule has 0 aromatic heterocycles. The number of carbonyl (C=O) groups is 1. The Morgan fingerprint density at radius 3 is 2.68 bits per heavy atom. The molecule has 0 N–H and O–H groups in total. The van der Waals surface area contributed by atoms with Crippen molar-refractivity contribution in [1.29, 1.82) is 0 Å². The van der Waals surface area contributed by atoms with Crippen LogP contribution < -0.4 is 0 Å². The molecule has 2 rings (SSSR count). The highest BCUT2D eigenvalue weighted by molar-refractivity contribution is 7.98. The average Bonchev–Trinajstić information content (AvgIpc) is 2.43. The number of rotatable bonds is 4. The molecule has 0 amide bonds. The van der Waals surface area contributed by atoms with Gasteiger partial charge in [-0.05, 0) is 24.0 Å². The van der Waals surface area contributed by atoms with E-state index in [9.17, 15) is 9.18 Å². The van der Waals surface area contributed by atoms with Gasteiger partial charge in [0.2, 0.25) is 0 Å². The molecule has 2 aromatic carbocycles. The van der Waals surface area contributed by atoms with E-state index in [1.54, 1.807) is 24.3 Å². The second-order valence-electron chi connectivity index (χ2n) is 4.01. The van der Waals surface area contributed by atoms with Gasteiger partial charge in [0.25, 0.3) is 0 Å². The first-order valence-corrected chi connectivity index (χ1v) is 7.33. The van der Waals surface area contributed by atoms with Gasteiger partial charge in [0.05, 0.1) is 5.02 Å². The number of hydrogen-bond acceptors (Lipinski definition) is 2. The lowest BCUT2D eigenvalue weighted by molar-refractivity contribution is 0.0989. The molecule has 0 bridgehead atoms. The number of thioether (sulfide) groups is 1. The van der Waals surface area contributed by atoms with Crippen molar-refractivity contribution in [2.75, 3.05) is 6.26 Å². The van der Waals surface area contributed by atoms with Gasteiger partial charge in [-0.3, -0.25) is 4.79 Å². The molecular formula is C15H12ClFOS. The van der Waals surface area contributed by atoms with Crippen LogP contribution in [0, 0.1) is 5.82 Å². The van der Waals surface area contributed by atoms with Gasteiger partial charge in [-0.25, -0.2) is 4.39 Å². The molecule has 0 aliphatic carbocycles. The Morgan fingerprint density at radius 2 is 1.95 bits per heavy atom. The molecule has 0 radical (unpaired) electrons. The predicted molar refractivity (Wildman–Crippen MR) is 77.7 cm³/mol. The zero-order valence-electron chi connectivity index (χ0n) is 10.3. The third kappa shape index (κ3) is 3.17. The van der Waals surface area contributed by atoms with Gasteiger partial charge in [0, 0.05) is 16.9 Å². The first kappa shape index (κ1) is 14.1. The van der Waals surface area contributed by atoms with Crippen LogP contribution in [0.15, 0.2) is 47.4 Å². The molecule has 1 nitrogen and oxygen atoms in total. The van der Waals surface area contributed by atoms with Gasteiger partial charge >= 0.3 is 0 Å². The number of ketones is 1. The maximum atomic E-state index is 13.8. The average molecular weight is 295 g/mol. The highest BCUT2D eigenvalue weighted by Gasteiger charge is 2.14. The van der Waals surface area contributed by atoms with Crippen molar-refractivity contribution in [3.63, 3.8) is 0 Å². The van der Waals surface area contributed by atoms with E-state index in [0.717, 1.165) is 4.90 Å². The lowest BCUT2D eigenvalue weighted by Crippen LogP contribution is -2.06. The van der Waals surface area contributed by atoms with E-state index in [2.05, 4.69) is 0 Å². The van der Waals surface area contributed by atoms with Crippen molar-refractivity contribution in [1.82, 2.24) is 0 Å². The first-order valence-electron chi connectivity index (χ1n) is 5.72. The fourth-order valence-corrected chi connectivity index (χ4v) is 2.64. The maximum absolute atomic E-state index is 13.8. The summed E-state index contributed by atoms with van der Waals surface area (Å²) in [5.74, 6) is -0.620. The van der Waals surface area contributed by atoms with Crippen molar-refractivity contribution >= 4 is 29.1 Å². The molecule has 0 saturated carbocycles. The van der Waals surface area contributed by atoms with Crippen LogP contribution in [-0.2, 0) is 6.42 Å². The van der Waals surface area contributed by atoms with E-state index in [1.807, 2.05) is 18.4 Å². The van der Waals surface area contributed by atoms with Gasteiger partial charge in [-0.2, -0.15) is 0 Å². The molecule has 2 aromatic rings. The lowest BCUT2D eigenvalue weighted by atomic mass is 10.0. The first-order chi connectivity index (χ1) is 9.13. The molecule has 0 heterocycles. The Hall–Kier alpha value is -1.32. The Balaban J connectivity index is 2.28. The molecular weight excluding hydrogens is 283 g/mol. The third-order valence-corrected chi connectivity index (χ3v) is 3.88. The minimum Gasteiger partial charge on any atom is -0.294 e. The Kier molecular flexibility index (Phi) is 4.61. The molecule has 0 unspecified atom stereocenters. The van der Waals surface area contributed by atoms with Gasteiger partial charge < -0.3 is 0 Å². The van der Waals surface area contributed by atoms with Crippen molar-refractivity contribution in [2.24, 2.45) is 0 Å². The molecule has 19 heavy (non-hydrogen) atoms. The van der Waals surface area contributed by atoms with Crippen LogP contribution in [0.25, 0.3) is 0 Å². The van der Waals surface area contributed by atoms with Gasteiger partial charge in [0.1, 0.15) is 5.82 Å². The second kappa shape index (κ2) is 6.22. The van der Waals surface area contributed by atoms with E-state index in [0.29, 0.717) is 11.1 Å². The molecule has 0 aliphatic rings. The van der Waals surface area contributed by atoms with Crippen LogP contribution in [0.4, 0.5) is 4.39 Å². The number of benzene rings is 2. The second-order valence-corrected chi connectivity index (χ2v) is 5.27. The van der Waals surface area contributed by atoms with E-state index >= 15 is 0 Å². The monoisotopic (exact) mass is 294 g/mol. The highest BCUT2D eigenvalue weighted by atomic mass is 35.5. The molecule has 0 spiro atoms. The largest absolute Gasteiger partial charge is 0.294 e. The molecule has 4 heteroatoms. The summed E-state index contributed by atoms with van der Waals surface area (Å²) in [6.45, 7) is 0. The quantitative estimate of drug-likeness (QED) is 0.604. The molecule has 0 aliphatic heterocycles. The van der Waals surface area contributed by atoms with Crippen LogP contribution in [0.5, 0.6) is 0 Å². The topological polar surface area (TPSA) is 17.1 Å². The van der Waals surface area contributed by atoms with E-state index < -0.39 is 5.82 Å². The maximum Gasteiger partial charge on any atom is 0.168 e. The Morgan fingerprint density at radius 1 is 1.21 bits per heavy atom.